The number of rotatable bonds is 3. The van der Waals surface area contributed by atoms with E-state index in [1.807, 2.05) is 18.2 Å². The molecule has 2 N–H and O–H groups in total. The molecular formula is C14H14ClNO2S. The van der Waals surface area contributed by atoms with E-state index in [2.05, 4.69) is 0 Å². The Morgan fingerprint density at radius 3 is 2.26 bits per heavy atom. The molecule has 100 valence electrons. The molecule has 0 aromatic heterocycles. The molecule has 0 heterocycles. The quantitative estimate of drug-likeness (QED) is 0.947. The molecule has 1 atom stereocenters. The van der Waals surface area contributed by atoms with Crippen LogP contribution in [-0.2, 0) is 9.84 Å². The molecule has 2 aromatic rings. The topological polar surface area (TPSA) is 60.2 Å². The first kappa shape index (κ1) is 14.1. The Labute approximate surface area is 117 Å². The van der Waals surface area contributed by atoms with Crippen molar-refractivity contribution in [2.24, 2.45) is 5.73 Å². The summed E-state index contributed by atoms with van der Waals surface area (Å²) in [6, 6.07) is 13.5. The minimum atomic E-state index is -3.22. The Morgan fingerprint density at radius 1 is 1.05 bits per heavy atom. The first-order valence-corrected chi connectivity index (χ1v) is 7.96. The van der Waals surface area contributed by atoms with Crippen molar-refractivity contribution < 1.29 is 8.42 Å². The van der Waals surface area contributed by atoms with Gasteiger partial charge in [-0.1, -0.05) is 35.9 Å². The van der Waals surface area contributed by atoms with Crippen molar-refractivity contribution in [2.45, 2.75) is 10.9 Å². The molecule has 0 spiro atoms. The van der Waals surface area contributed by atoms with Crippen molar-refractivity contribution in [3.63, 3.8) is 0 Å². The van der Waals surface area contributed by atoms with E-state index in [9.17, 15) is 8.42 Å². The van der Waals surface area contributed by atoms with Gasteiger partial charge in [-0.25, -0.2) is 8.42 Å². The lowest BCUT2D eigenvalue weighted by Gasteiger charge is -2.13. The fourth-order valence-corrected chi connectivity index (χ4v) is 2.60. The van der Waals surface area contributed by atoms with Gasteiger partial charge in [0, 0.05) is 11.3 Å². The third-order valence-corrected chi connectivity index (χ3v) is 4.24. The van der Waals surface area contributed by atoms with Gasteiger partial charge in [0.1, 0.15) is 0 Å². The van der Waals surface area contributed by atoms with Gasteiger partial charge in [-0.05, 0) is 35.4 Å². The van der Waals surface area contributed by atoms with Crippen molar-refractivity contribution in [3.8, 4) is 0 Å². The van der Waals surface area contributed by atoms with Gasteiger partial charge >= 0.3 is 0 Å². The predicted octanol–water partition coefficient (Wildman–Crippen LogP) is 2.79. The van der Waals surface area contributed by atoms with Crippen LogP contribution in [0, 0.1) is 0 Å². The van der Waals surface area contributed by atoms with Crippen LogP contribution in [0.5, 0.6) is 0 Å². The molecule has 2 rings (SSSR count). The van der Waals surface area contributed by atoms with E-state index in [1.165, 1.54) is 6.26 Å². The molecule has 0 radical (unpaired) electrons. The second-order valence-corrected chi connectivity index (χ2v) is 6.83. The van der Waals surface area contributed by atoms with E-state index < -0.39 is 9.84 Å². The summed E-state index contributed by atoms with van der Waals surface area (Å²) < 4.78 is 23.1. The Balaban J connectivity index is 2.39. The van der Waals surface area contributed by atoms with Crippen LogP contribution in [0.2, 0.25) is 5.02 Å². The van der Waals surface area contributed by atoms with Crippen LogP contribution in [0.4, 0.5) is 0 Å². The van der Waals surface area contributed by atoms with Crippen molar-refractivity contribution in [2.75, 3.05) is 6.26 Å². The summed E-state index contributed by atoms with van der Waals surface area (Å²) >= 11 is 5.83. The monoisotopic (exact) mass is 295 g/mol. The highest BCUT2D eigenvalue weighted by molar-refractivity contribution is 7.90. The highest BCUT2D eigenvalue weighted by atomic mass is 35.5. The molecule has 0 saturated heterocycles. The highest BCUT2D eigenvalue weighted by Crippen LogP contribution is 2.23. The van der Waals surface area contributed by atoms with Crippen LogP contribution in [0.15, 0.2) is 53.4 Å². The summed E-state index contributed by atoms with van der Waals surface area (Å²) in [5, 5.41) is 0.640. The normalized spacial score (nSPS) is 13.2. The van der Waals surface area contributed by atoms with E-state index >= 15 is 0 Å². The Kier molecular flexibility index (Phi) is 3.94. The molecule has 0 aliphatic carbocycles. The van der Waals surface area contributed by atoms with Gasteiger partial charge in [0.15, 0.2) is 9.84 Å². The maximum atomic E-state index is 11.5. The molecular weight excluding hydrogens is 282 g/mol. The molecule has 19 heavy (non-hydrogen) atoms. The Bertz CT molecular complexity index is 681. The van der Waals surface area contributed by atoms with Gasteiger partial charge in [-0.3, -0.25) is 0 Å². The summed E-state index contributed by atoms with van der Waals surface area (Å²) in [6.07, 6.45) is 1.18. The molecule has 0 aliphatic heterocycles. The summed E-state index contributed by atoms with van der Waals surface area (Å²) in [4.78, 5) is 0.273. The van der Waals surface area contributed by atoms with Crippen molar-refractivity contribution in [1.82, 2.24) is 0 Å². The number of hydrogen-bond acceptors (Lipinski definition) is 3. The van der Waals surface area contributed by atoms with Gasteiger partial charge < -0.3 is 5.73 Å². The van der Waals surface area contributed by atoms with Crippen molar-refractivity contribution >= 4 is 21.4 Å². The number of halogens is 1. The Morgan fingerprint density at radius 2 is 1.68 bits per heavy atom. The van der Waals surface area contributed by atoms with Gasteiger partial charge in [-0.15, -0.1) is 0 Å². The van der Waals surface area contributed by atoms with Crippen LogP contribution in [-0.4, -0.2) is 14.7 Å². The first-order chi connectivity index (χ1) is 8.88. The van der Waals surface area contributed by atoms with Gasteiger partial charge in [-0.2, -0.15) is 0 Å². The van der Waals surface area contributed by atoms with E-state index in [1.54, 1.807) is 30.3 Å². The van der Waals surface area contributed by atoms with Crippen LogP contribution in [0.25, 0.3) is 0 Å². The smallest absolute Gasteiger partial charge is 0.175 e. The molecule has 3 nitrogen and oxygen atoms in total. The van der Waals surface area contributed by atoms with Crippen LogP contribution >= 0.6 is 11.6 Å². The third-order valence-electron chi connectivity index (χ3n) is 2.87. The second-order valence-electron chi connectivity index (χ2n) is 4.37. The molecule has 0 amide bonds. The summed E-state index contributed by atoms with van der Waals surface area (Å²) in [5.41, 5.74) is 7.78. The molecule has 5 heteroatoms. The maximum Gasteiger partial charge on any atom is 0.175 e. The Hall–Kier alpha value is -1.36. The van der Waals surface area contributed by atoms with Gasteiger partial charge in [0.2, 0.25) is 0 Å². The first-order valence-electron chi connectivity index (χ1n) is 5.69. The number of nitrogens with two attached hydrogens (primary N) is 1. The minimum absolute atomic E-state index is 0.273. The number of benzene rings is 2. The second kappa shape index (κ2) is 5.33. The van der Waals surface area contributed by atoms with Crippen LogP contribution < -0.4 is 5.73 Å². The van der Waals surface area contributed by atoms with Gasteiger partial charge in [0.25, 0.3) is 0 Å². The van der Waals surface area contributed by atoms with E-state index in [0.29, 0.717) is 5.02 Å². The van der Waals surface area contributed by atoms with E-state index in [-0.39, 0.29) is 10.9 Å². The summed E-state index contributed by atoms with van der Waals surface area (Å²) in [7, 11) is -3.22. The average Bonchev–Trinajstić information content (AvgIpc) is 2.38. The fraction of sp³-hybridized carbons (Fsp3) is 0.143. The lowest BCUT2D eigenvalue weighted by Crippen LogP contribution is -2.12. The van der Waals surface area contributed by atoms with Crippen LogP contribution in [0.3, 0.4) is 0 Å². The lowest BCUT2D eigenvalue weighted by atomic mass is 10.00. The zero-order valence-corrected chi connectivity index (χ0v) is 11.9. The summed E-state index contributed by atoms with van der Waals surface area (Å²) in [6.45, 7) is 0. The third kappa shape index (κ3) is 3.35. The largest absolute Gasteiger partial charge is 0.320 e. The fourth-order valence-electron chi connectivity index (χ4n) is 1.80. The zero-order valence-electron chi connectivity index (χ0n) is 10.4. The molecule has 2 aromatic carbocycles. The van der Waals surface area contributed by atoms with Crippen LogP contribution in [0.1, 0.15) is 17.2 Å². The number of sulfone groups is 1. The SMILES string of the molecule is CS(=O)(=O)c1cccc([C@H](N)c2ccc(Cl)cc2)c1. The molecule has 0 aliphatic rings. The molecule has 0 bridgehead atoms. The summed E-state index contributed by atoms with van der Waals surface area (Å²) in [5.74, 6) is 0. The lowest BCUT2D eigenvalue weighted by molar-refractivity contribution is 0.601. The van der Waals surface area contributed by atoms with E-state index in [4.69, 9.17) is 17.3 Å². The maximum absolute atomic E-state index is 11.5. The number of hydrogen-bond donors (Lipinski definition) is 1. The minimum Gasteiger partial charge on any atom is -0.320 e. The molecule has 0 unspecified atom stereocenters. The highest BCUT2D eigenvalue weighted by Gasteiger charge is 2.12. The standard InChI is InChI=1S/C14H14ClNO2S/c1-19(17,18)13-4-2-3-11(9-13)14(16)10-5-7-12(15)8-6-10/h2-9,14H,16H2,1H3/t14-/m1/s1. The molecule has 0 saturated carbocycles. The average molecular weight is 296 g/mol. The van der Waals surface area contributed by atoms with Crippen molar-refractivity contribution in [3.05, 3.63) is 64.7 Å². The predicted molar refractivity (Wildman–Crippen MR) is 77.0 cm³/mol. The zero-order chi connectivity index (χ0) is 14.0. The van der Waals surface area contributed by atoms with E-state index in [0.717, 1.165) is 11.1 Å². The van der Waals surface area contributed by atoms with Crippen molar-refractivity contribution in [1.29, 1.82) is 0 Å². The molecule has 0 fully saturated rings. The van der Waals surface area contributed by atoms with Gasteiger partial charge in [0.05, 0.1) is 10.9 Å².